The number of benzene rings is 2. The zero-order valence-corrected chi connectivity index (χ0v) is 21.2. The highest BCUT2D eigenvalue weighted by Crippen LogP contribution is 2.50. The van der Waals surface area contributed by atoms with Crippen molar-refractivity contribution in [1.29, 1.82) is 0 Å². The summed E-state index contributed by atoms with van der Waals surface area (Å²) in [5, 5.41) is 11.0. The zero-order chi connectivity index (χ0) is 24.1. The molecule has 0 saturated carbocycles. The van der Waals surface area contributed by atoms with Crippen molar-refractivity contribution in [2.75, 3.05) is 6.26 Å². The van der Waals surface area contributed by atoms with Gasteiger partial charge in [-0.15, -0.1) is 0 Å². The summed E-state index contributed by atoms with van der Waals surface area (Å²) in [4.78, 5) is 13.7. The fraction of sp³-hybridized carbons (Fsp3) is 0.375. The van der Waals surface area contributed by atoms with E-state index >= 15 is 0 Å². The SMILES string of the molecule is CC(C)Oc1cc(S(C)(=O)=O)c2c(Sc3ccc(Cl)cc3)c3n(c2c1)CCC3C(C)C(=O)O. The maximum atomic E-state index is 12.9. The molecule has 0 spiro atoms. The van der Waals surface area contributed by atoms with E-state index in [1.54, 1.807) is 25.1 Å². The maximum Gasteiger partial charge on any atom is 0.306 e. The number of hydrogen-bond acceptors (Lipinski definition) is 5. The van der Waals surface area contributed by atoms with Gasteiger partial charge in [-0.05, 0) is 50.6 Å². The third-order valence-electron chi connectivity index (χ3n) is 5.91. The molecule has 0 saturated heterocycles. The fourth-order valence-corrected chi connectivity index (χ4v) is 6.72. The summed E-state index contributed by atoms with van der Waals surface area (Å²) in [5.41, 5.74) is 1.62. The Morgan fingerprint density at radius 1 is 1.21 bits per heavy atom. The van der Waals surface area contributed by atoms with E-state index in [1.165, 1.54) is 18.0 Å². The molecule has 2 atom stereocenters. The Morgan fingerprint density at radius 2 is 1.88 bits per heavy atom. The lowest BCUT2D eigenvalue weighted by molar-refractivity contribution is -0.141. The smallest absolute Gasteiger partial charge is 0.306 e. The van der Waals surface area contributed by atoms with Crippen LogP contribution in [-0.2, 0) is 21.2 Å². The van der Waals surface area contributed by atoms with Crippen LogP contribution in [0.15, 0.2) is 51.1 Å². The van der Waals surface area contributed by atoms with E-state index in [2.05, 4.69) is 4.57 Å². The van der Waals surface area contributed by atoms with Gasteiger partial charge in [-0.25, -0.2) is 8.42 Å². The standard InChI is InChI=1S/C24H26ClNO5S2/c1-13(2)31-16-11-19-21(20(12-16)33(4,29)30)23(32-17-7-5-15(25)6-8-17)22-18(9-10-26(19)22)14(3)24(27)28/h5-8,11-14,18H,9-10H2,1-4H3,(H,27,28). The van der Waals surface area contributed by atoms with Crippen molar-refractivity contribution in [2.45, 2.75) is 60.4 Å². The van der Waals surface area contributed by atoms with E-state index in [1.807, 2.05) is 32.0 Å². The quantitative estimate of drug-likeness (QED) is 0.432. The summed E-state index contributed by atoms with van der Waals surface area (Å²) in [6.07, 6.45) is 1.75. The van der Waals surface area contributed by atoms with E-state index in [4.69, 9.17) is 16.3 Å². The highest BCUT2D eigenvalue weighted by atomic mass is 35.5. The number of aryl methyl sites for hydroxylation is 1. The molecule has 0 radical (unpaired) electrons. The van der Waals surface area contributed by atoms with E-state index in [0.717, 1.165) is 21.0 Å². The number of carboxylic acids is 1. The van der Waals surface area contributed by atoms with Crippen LogP contribution in [0, 0.1) is 5.92 Å². The van der Waals surface area contributed by atoms with Crippen molar-refractivity contribution in [3.8, 4) is 5.75 Å². The van der Waals surface area contributed by atoms with Gasteiger partial charge in [-0.3, -0.25) is 4.79 Å². The van der Waals surface area contributed by atoms with E-state index in [0.29, 0.717) is 29.1 Å². The molecule has 0 aliphatic carbocycles. The van der Waals surface area contributed by atoms with Crippen molar-refractivity contribution in [3.63, 3.8) is 0 Å². The van der Waals surface area contributed by atoms with Crippen LogP contribution in [0.3, 0.4) is 0 Å². The average Bonchev–Trinajstić information content (AvgIpc) is 3.27. The Bertz CT molecular complexity index is 1330. The molecule has 2 aromatic carbocycles. The highest BCUT2D eigenvalue weighted by Gasteiger charge is 2.37. The average molecular weight is 508 g/mol. The minimum atomic E-state index is -3.59. The van der Waals surface area contributed by atoms with Gasteiger partial charge in [-0.1, -0.05) is 30.3 Å². The number of fused-ring (bicyclic) bond motifs is 3. The van der Waals surface area contributed by atoms with Gasteiger partial charge in [-0.2, -0.15) is 0 Å². The Kier molecular flexibility index (Phi) is 6.46. The second-order valence-electron chi connectivity index (χ2n) is 8.70. The van der Waals surface area contributed by atoms with Crippen molar-refractivity contribution in [3.05, 3.63) is 47.1 Å². The number of carbonyl (C=O) groups is 1. The molecule has 6 nitrogen and oxygen atoms in total. The number of carboxylic acid groups (broad SMARTS) is 1. The van der Waals surface area contributed by atoms with Crippen LogP contribution in [0.2, 0.25) is 5.02 Å². The number of ether oxygens (including phenoxy) is 1. The Balaban J connectivity index is 2.04. The predicted molar refractivity (Wildman–Crippen MR) is 131 cm³/mol. The summed E-state index contributed by atoms with van der Waals surface area (Å²) in [7, 11) is -3.59. The van der Waals surface area contributed by atoms with Gasteiger partial charge in [0.15, 0.2) is 9.84 Å². The van der Waals surface area contributed by atoms with Gasteiger partial charge in [0, 0.05) is 50.7 Å². The van der Waals surface area contributed by atoms with E-state index < -0.39 is 21.7 Å². The van der Waals surface area contributed by atoms with Gasteiger partial charge in [0.05, 0.1) is 22.4 Å². The molecular weight excluding hydrogens is 482 g/mol. The third-order valence-corrected chi connectivity index (χ3v) is 8.41. The monoisotopic (exact) mass is 507 g/mol. The lowest BCUT2D eigenvalue weighted by Gasteiger charge is -2.17. The number of hydrogen-bond donors (Lipinski definition) is 1. The number of aliphatic carboxylic acids is 1. The van der Waals surface area contributed by atoms with Crippen LogP contribution in [0.1, 0.15) is 38.8 Å². The molecule has 9 heteroatoms. The second kappa shape index (κ2) is 8.89. The van der Waals surface area contributed by atoms with E-state index in [-0.39, 0.29) is 16.9 Å². The Morgan fingerprint density at radius 3 is 2.45 bits per heavy atom. The number of nitrogens with zero attached hydrogens (tertiary/aromatic N) is 1. The van der Waals surface area contributed by atoms with Crippen molar-refractivity contribution in [1.82, 2.24) is 4.57 Å². The van der Waals surface area contributed by atoms with Gasteiger partial charge >= 0.3 is 5.97 Å². The minimum absolute atomic E-state index is 0.120. The highest BCUT2D eigenvalue weighted by molar-refractivity contribution is 7.99. The Labute approximate surface area is 202 Å². The molecule has 3 aromatic rings. The minimum Gasteiger partial charge on any atom is -0.491 e. The number of sulfone groups is 1. The first-order valence-corrected chi connectivity index (χ1v) is 13.8. The molecule has 1 N–H and O–H groups in total. The molecule has 4 rings (SSSR count). The molecule has 176 valence electrons. The molecule has 0 fully saturated rings. The molecule has 0 bridgehead atoms. The van der Waals surface area contributed by atoms with Crippen LogP contribution in [0.4, 0.5) is 0 Å². The second-order valence-corrected chi connectivity index (χ2v) is 12.2. The molecule has 1 aliphatic rings. The van der Waals surface area contributed by atoms with Crippen LogP contribution >= 0.6 is 23.4 Å². The van der Waals surface area contributed by atoms with Gasteiger partial charge in [0.25, 0.3) is 0 Å². The van der Waals surface area contributed by atoms with Crippen LogP contribution in [0.25, 0.3) is 10.9 Å². The summed E-state index contributed by atoms with van der Waals surface area (Å²) < 4.78 is 33.7. The van der Waals surface area contributed by atoms with Gasteiger partial charge in [0.2, 0.25) is 0 Å². The molecular formula is C24H26ClNO5S2. The number of aromatic nitrogens is 1. The first-order valence-electron chi connectivity index (χ1n) is 10.7. The maximum absolute atomic E-state index is 12.9. The molecule has 0 amide bonds. The zero-order valence-electron chi connectivity index (χ0n) is 18.8. The molecule has 2 heterocycles. The third kappa shape index (κ3) is 4.61. The van der Waals surface area contributed by atoms with Crippen LogP contribution < -0.4 is 4.74 Å². The molecule has 33 heavy (non-hydrogen) atoms. The summed E-state index contributed by atoms with van der Waals surface area (Å²) in [5.74, 6) is -1.22. The largest absolute Gasteiger partial charge is 0.491 e. The van der Waals surface area contributed by atoms with Crippen LogP contribution in [-0.4, -0.2) is 36.4 Å². The normalized spacial score (nSPS) is 16.8. The summed E-state index contributed by atoms with van der Waals surface area (Å²) >= 11 is 7.50. The van der Waals surface area contributed by atoms with E-state index in [9.17, 15) is 18.3 Å². The van der Waals surface area contributed by atoms with Gasteiger partial charge in [0.1, 0.15) is 5.75 Å². The predicted octanol–water partition coefficient (Wildman–Crippen LogP) is 5.84. The number of rotatable bonds is 7. The fourth-order valence-electron chi connectivity index (χ4n) is 4.43. The van der Waals surface area contributed by atoms with Crippen LogP contribution in [0.5, 0.6) is 5.75 Å². The molecule has 2 unspecified atom stereocenters. The van der Waals surface area contributed by atoms with Crippen molar-refractivity contribution in [2.24, 2.45) is 5.92 Å². The molecule has 1 aliphatic heterocycles. The lowest BCUT2D eigenvalue weighted by atomic mass is 9.90. The Hall–Kier alpha value is -2.16. The topological polar surface area (TPSA) is 85.6 Å². The summed E-state index contributed by atoms with van der Waals surface area (Å²) in [6.45, 7) is 6.10. The van der Waals surface area contributed by atoms with Crippen molar-refractivity contribution < 1.29 is 23.1 Å². The van der Waals surface area contributed by atoms with Gasteiger partial charge < -0.3 is 14.4 Å². The first kappa shape index (κ1) is 24.0. The number of halogens is 1. The lowest BCUT2D eigenvalue weighted by Crippen LogP contribution is -2.17. The summed E-state index contributed by atoms with van der Waals surface area (Å²) in [6, 6.07) is 10.8. The molecule has 1 aromatic heterocycles. The first-order chi connectivity index (χ1) is 15.5. The van der Waals surface area contributed by atoms with Crippen molar-refractivity contribution >= 4 is 50.1 Å².